The van der Waals surface area contributed by atoms with Gasteiger partial charge in [-0.3, -0.25) is 9.36 Å². The molecule has 0 aliphatic heterocycles. The highest BCUT2D eigenvalue weighted by Gasteiger charge is 2.07. The van der Waals surface area contributed by atoms with Crippen molar-refractivity contribution in [3.05, 3.63) is 63.1 Å². The molecule has 0 bridgehead atoms. The Morgan fingerprint density at radius 3 is 2.74 bits per heavy atom. The van der Waals surface area contributed by atoms with Gasteiger partial charge in [-0.25, -0.2) is 14.6 Å². The SMILES string of the molecule is Cc1nccn1-c1ccc(CNc2cnn(C)c(=O)c2Br)cn1. The smallest absolute Gasteiger partial charge is 0.282 e. The summed E-state index contributed by atoms with van der Waals surface area (Å²) in [4.78, 5) is 20.4. The minimum absolute atomic E-state index is 0.181. The summed E-state index contributed by atoms with van der Waals surface area (Å²) in [7, 11) is 1.61. The lowest BCUT2D eigenvalue weighted by molar-refractivity contribution is 0.703. The molecule has 0 fully saturated rings. The predicted molar refractivity (Wildman–Crippen MR) is 90.6 cm³/mol. The number of hydrogen-bond acceptors (Lipinski definition) is 5. The molecule has 0 spiro atoms. The molecule has 0 saturated carbocycles. The van der Waals surface area contributed by atoms with Crippen molar-refractivity contribution in [2.45, 2.75) is 13.5 Å². The minimum Gasteiger partial charge on any atom is -0.379 e. The van der Waals surface area contributed by atoms with Crippen molar-refractivity contribution in [1.82, 2.24) is 24.3 Å². The number of halogens is 1. The first-order chi connectivity index (χ1) is 11.1. The predicted octanol–water partition coefficient (Wildman–Crippen LogP) is 2.04. The van der Waals surface area contributed by atoms with Crippen LogP contribution < -0.4 is 10.9 Å². The van der Waals surface area contributed by atoms with Crippen LogP contribution in [0.5, 0.6) is 0 Å². The van der Waals surface area contributed by atoms with Gasteiger partial charge in [-0.1, -0.05) is 6.07 Å². The maximum Gasteiger partial charge on any atom is 0.282 e. The van der Waals surface area contributed by atoms with Crippen LogP contribution in [0.25, 0.3) is 5.82 Å². The molecule has 0 aromatic carbocycles. The second kappa shape index (κ2) is 6.33. The van der Waals surface area contributed by atoms with Crippen molar-refractivity contribution < 1.29 is 0 Å². The van der Waals surface area contributed by atoms with E-state index in [4.69, 9.17) is 0 Å². The molecular weight excluding hydrogens is 360 g/mol. The third kappa shape index (κ3) is 3.16. The molecule has 23 heavy (non-hydrogen) atoms. The van der Waals surface area contributed by atoms with Crippen molar-refractivity contribution in [2.75, 3.05) is 5.32 Å². The van der Waals surface area contributed by atoms with Crippen molar-refractivity contribution in [2.24, 2.45) is 7.05 Å². The average molecular weight is 375 g/mol. The summed E-state index contributed by atoms with van der Waals surface area (Å²) < 4.78 is 3.66. The molecule has 0 radical (unpaired) electrons. The van der Waals surface area contributed by atoms with E-state index in [1.807, 2.05) is 29.8 Å². The summed E-state index contributed by atoms with van der Waals surface area (Å²) in [6.45, 7) is 2.47. The first-order valence-electron chi connectivity index (χ1n) is 6.97. The molecule has 3 aromatic heterocycles. The number of nitrogens with zero attached hydrogens (tertiary/aromatic N) is 5. The van der Waals surface area contributed by atoms with Crippen LogP contribution in [0, 0.1) is 6.92 Å². The van der Waals surface area contributed by atoms with Crippen LogP contribution in [0.15, 0.2) is 46.2 Å². The third-order valence-electron chi connectivity index (χ3n) is 3.44. The Morgan fingerprint density at radius 2 is 2.09 bits per heavy atom. The normalized spacial score (nSPS) is 10.7. The van der Waals surface area contributed by atoms with Crippen molar-refractivity contribution in [3.8, 4) is 5.82 Å². The first kappa shape index (κ1) is 15.4. The number of rotatable bonds is 4. The molecule has 7 nitrogen and oxygen atoms in total. The number of nitrogens with one attached hydrogen (secondary N) is 1. The Bertz CT molecular complexity index is 884. The van der Waals surface area contributed by atoms with E-state index in [1.165, 1.54) is 4.68 Å². The zero-order valence-electron chi connectivity index (χ0n) is 12.7. The number of anilines is 1. The molecule has 3 aromatic rings. The van der Waals surface area contributed by atoms with E-state index in [0.29, 0.717) is 16.7 Å². The van der Waals surface area contributed by atoms with E-state index in [9.17, 15) is 4.79 Å². The lowest BCUT2D eigenvalue weighted by atomic mass is 10.2. The Balaban J connectivity index is 1.74. The zero-order chi connectivity index (χ0) is 16.4. The van der Waals surface area contributed by atoms with Gasteiger partial charge in [0, 0.05) is 32.2 Å². The van der Waals surface area contributed by atoms with Gasteiger partial charge in [0.15, 0.2) is 0 Å². The number of aryl methyl sites for hydroxylation is 2. The van der Waals surface area contributed by atoms with Crippen LogP contribution in [-0.4, -0.2) is 24.3 Å². The number of hydrogen-bond donors (Lipinski definition) is 1. The van der Waals surface area contributed by atoms with E-state index < -0.39 is 0 Å². The monoisotopic (exact) mass is 374 g/mol. The van der Waals surface area contributed by atoms with Gasteiger partial charge in [-0.05, 0) is 34.5 Å². The molecule has 0 aliphatic carbocycles. The Hall–Kier alpha value is -2.48. The van der Waals surface area contributed by atoms with Crippen LogP contribution in [0.3, 0.4) is 0 Å². The lowest BCUT2D eigenvalue weighted by Crippen LogP contribution is -2.21. The minimum atomic E-state index is -0.181. The third-order valence-corrected chi connectivity index (χ3v) is 4.21. The van der Waals surface area contributed by atoms with Gasteiger partial charge in [0.25, 0.3) is 5.56 Å². The number of pyridine rings is 1. The molecular formula is C15H15BrN6O. The van der Waals surface area contributed by atoms with Crippen molar-refractivity contribution in [3.63, 3.8) is 0 Å². The second-order valence-corrected chi connectivity index (χ2v) is 5.82. The quantitative estimate of drug-likeness (QED) is 0.755. The average Bonchev–Trinajstić information content (AvgIpc) is 2.99. The molecule has 0 saturated heterocycles. The van der Waals surface area contributed by atoms with Crippen LogP contribution in [0.2, 0.25) is 0 Å². The summed E-state index contributed by atoms with van der Waals surface area (Å²) >= 11 is 3.29. The second-order valence-electron chi connectivity index (χ2n) is 5.02. The maximum atomic E-state index is 11.8. The molecule has 0 unspecified atom stereocenters. The summed E-state index contributed by atoms with van der Waals surface area (Å²) in [6.07, 6.45) is 7.03. The van der Waals surface area contributed by atoms with Crippen LogP contribution in [-0.2, 0) is 13.6 Å². The highest BCUT2D eigenvalue weighted by Crippen LogP contribution is 2.17. The fourth-order valence-corrected chi connectivity index (χ4v) is 2.61. The highest BCUT2D eigenvalue weighted by atomic mass is 79.9. The first-order valence-corrected chi connectivity index (χ1v) is 7.76. The summed E-state index contributed by atoms with van der Waals surface area (Å²) in [5.74, 6) is 1.71. The topological polar surface area (TPSA) is 77.6 Å². The number of imidazole rings is 1. The Kier molecular flexibility index (Phi) is 4.24. The van der Waals surface area contributed by atoms with Crippen LogP contribution >= 0.6 is 15.9 Å². The molecule has 1 N–H and O–H groups in total. The van der Waals surface area contributed by atoms with E-state index in [-0.39, 0.29) is 5.56 Å². The van der Waals surface area contributed by atoms with Gasteiger partial charge in [0.05, 0.1) is 11.9 Å². The fourth-order valence-electron chi connectivity index (χ4n) is 2.12. The molecule has 3 rings (SSSR count). The van der Waals surface area contributed by atoms with Gasteiger partial charge in [-0.15, -0.1) is 0 Å². The van der Waals surface area contributed by atoms with Crippen molar-refractivity contribution in [1.29, 1.82) is 0 Å². The van der Waals surface area contributed by atoms with Crippen LogP contribution in [0.1, 0.15) is 11.4 Å². The molecule has 8 heteroatoms. The largest absolute Gasteiger partial charge is 0.379 e. The van der Waals surface area contributed by atoms with E-state index in [1.54, 1.807) is 25.6 Å². The maximum absolute atomic E-state index is 11.8. The Morgan fingerprint density at radius 1 is 1.26 bits per heavy atom. The van der Waals surface area contributed by atoms with E-state index in [2.05, 4.69) is 36.3 Å². The van der Waals surface area contributed by atoms with Gasteiger partial charge < -0.3 is 5.32 Å². The standard InChI is InChI=1S/C15H15BrN6O/c1-10-17-5-6-22(10)13-4-3-11(8-19-13)7-18-12-9-20-21(2)15(23)14(12)16/h3-6,8-9,18H,7H2,1-2H3. The summed E-state index contributed by atoms with van der Waals surface area (Å²) in [6, 6.07) is 3.92. The fraction of sp³-hybridized carbons (Fsp3) is 0.200. The van der Waals surface area contributed by atoms with Gasteiger partial charge in [0.1, 0.15) is 16.1 Å². The van der Waals surface area contributed by atoms with Crippen molar-refractivity contribution >= 4 is 21.6 Å². The van der Waals surface area contributed by atoms with Gasteiger partial charge in [0.2, 0.25) is 0 Å². The molecule has 118 valence electrons. The van der Waals surface area contributed by atoms with E-state index in [0.717, 1.165) is 17.2 Å². The van der Waals surface area contributed by atoms with E-state index >= 15 is 0 Å². The molecule has 0 amide bonds. The molecule has 3 heterocycles. The van der Waals surface area contributed by atoms with Gasteiger partial charge in [-0.2, -0.15) is 5.10 Å². The molecule has 0 aliphatic rings. The molecule has 0 atom stereocenters. The number of aromatic nitrogens is 5. The van der Waals surface area contributed by atoms with Crippen LogP contribution in [0.4, 0.5) is 5.69 Å². The summed E-state index contributed by atoms with van der Waals surface area (Å²) in [5, 5.41) is 7.18. The zero-order valence-corrected chi connectivity index (χ0v) is 14.3. The highest BCUT2D eigenvalue weighted by molar-refractivity contribution is 9.10. The van der Waals surface area contributed by atoms with Gasteiger partial charge >= 0.3 is 0 Å². The Labute approximate surface area is 141 Å². The summed E-state index contributed by atoms with van der Waals surface area (Å²) in [5.41, 5.74) is 1.47. The lowest BCUT2D eigenvalue weighted by Gasteiger charge is -2.09.